The third-order valence-corrected chi connectivity index (χ3v) is 5.31. The highest BCUT2D eigenvalue weighted by Gasteiger charge is 2.43. The van der Waals surface area contributed by atoms with Crippen LogP contribution in [0.3, 0.4) is 0 Å². The zero-order valence-electron chi connectivity index (χ0n) is 14.5. The molecule has 0 aromatic heterocycles. The molecule has 1 spiro atoms. The molecule has 0 amide bonds. The Morgan fingerprint density at radius 1 is 1.22 bits per heavy atom. The maximum Gasteiger partial charge on any atom is 0.193 e. The zero-order chi connectivity index (χ0) is 16.1. The van der Waals surface area contributed by atoms with Gasteiger partial charge in [0, 0.05) is 33.3 Å². The highest BCUT2D eigenvalue weighted by Crippen LogP contribution is 2.47. The summed E-state index contributed by atoms with van der Waals surface area (Å²) < 4.78 is 5.44. The molecule has 1 heterocycles. The molecule has 0 radical (unpaired) electrons. The van der Waals surface area contributed by atoms with Gasteiger partial charge >= 0.3 is 0 Å². The molecule has 1 aliphatic heterocycles. The van der Waals surface area contributed by atoms with Crippen molar-refractivity contribution >= 4 is 5.96 Å². The number of nitrogens with zero attached hydrogens (tertiary/aromatic N) is 2. The molecule has 1 saturated carbocycles. The van der Waals surface area contributed by atoms with Gasteiger partial charge in [0.2, 0.25) is 0 Å². The van der Waals surface area contributed by atoms with Crippen molar-refractivity contribution < 1.29 is 4.74 Å². The first-order chi connectivity index (χ1) is 11.2. The van der Waals surface area contributed by atoms with E-state index in [4.69, 9.17) is 4.74 Å². The Hall–Kier alpha value is -1.55. The predicted molar refractivity (Wildman–Crippen MR) is 94.4 cm³/mol. The van der Waals surface area contributed by atoms with Gasteiger partial charge in [0.05, 0.1) is 6.61 Å². The summed E-state index contributed by atoms with van der Waals surface area (Å²) in [4.78, 5) is 6.91. The molecule has 0 atom stereocenters. The minimum atomic E-state index is 0.610. The van der Waals surface area contributed by atoms with Crippen LogP contribution in [-0.2, 0) is 17.9 Å². The molecule has 1 aromatic rings. The minimum absolute atomic E-state index is 0.610. The number of guanidine groups is 1. The first-order valence-electron chi connectivity index (χ1n) is 8.86. The van der Waals surface area contributed by atoms with Crippen molar-refractivity contribution in [2.24, 2.45) is 10.4 Å². The Kier molecular flexibility index (Phi) is 5.21. The summed E-state index contributed by atoms with van der Waals surface area (Å²) in [5.74, 6) is 1.05. The fourth-order valence-corrected chi connectivity index (χ4v) is 3.69. The fraction of sp³-hybridized carbons (Fsp3) is 0.632. The molecular weight excluding hydrogens is 286 g/mol. The Balaban J connectivity index is 1.50. The van der Waals surface area contributed by atoms with Crippen LogP contribution in [0.2, 0.25) is 0 Å². The van der Waals surface area contributed by atoms with Gasteiger partial charge in [0.25, 0.3) is 0 Å². The van der Waals surface area contributed by atoms with Gasteiger partial charge in [-0.2, -0.15) is 0 Å². The third kappa shape index (κ3) is 3.86. The number of ether oxygens (including phenoxy) is 1. The van der Waals surface area contributed by atoms with E-state index in [-0.39, 0.29) is 0 Å². The van der Waals surface area contributed by atoms with Gasteiger partial charge in [-0.15, -0.1) is 0 Å². The number of nitrogens with one attached hydrogen (secondary N) is 1. The minimum Gasteiger partial charge on any atom is -0.377 e. The molecule has 23 heavy (non-hydrogen) atoms. The van der Waals surface area contributed by atoms with E-state index in [2.05, 4.69) is 39.5 Å². The van der Waals surface area contributed by atoms with E-state index in [9.17, 15) is 0 Å². The summed E-state index contributed by atoms with van der Waals surface area (Å²) in [6.07, 6.45) is 5.55. The van der Waals surface area contributed by atoms with E-state index >= 15 is 0 Å². The lowest BCUT2D eigenvalue weighted by Gasteiger charge is -2.38. The Morgan fingerprint density at radius 3 is 2.52 bits per heavy atom. The van der Waals surface area contributed by atoms with Gasteiger partial charge in [0.1, 0.15) is 0 Å². The van der Waals surface area contributed by atoms with Crippen LogP contribution >= 0.6 is 0 Å². The second-order valence-electron chi connectivity index (χ2n) is 6.88. The van der Waals surface area contributed by atoms with Crippen LogP contribution in [0.25, 0.3) is 0 Å². The molecule has 126 valence electrons. The molecule has 1 aromatic carbocycles. The summed E-state index contributed by atoms with van der Waals surface area (Å²) in [5, 5.41) is 3.52. The molecule has 0 bridgehead atoms. The van der Waals surface area contributed by atoms with E-state index in [0.717, 1.165) is 25.7 Å². The lowest BCUT2D eigenvalue weighted by molar-refractivity contribution is 0.134. The first-order valence-corrected chi connectivity index (χ1v) is 8.86. The van der Waals surface area contributed by atoms with Gasteiger partial charge in [-0.05, 0) is 42.7 Å². The topological polar surface area (TPSA) is 36.9 Å². The van der Waals surface area contributed by atoms with Crippen LogP contribution in [0.15, 0.2) is 29.3 Å². The van der Waals surface area contributed by atoms with Crippen LogP contribution in [0.4, 0.5) is 0 Å². The van der Waals surface area contributed by atoms with Gasteiger partial charge in [0.15, 0.2) is 5.96 Å². The zero-order valence-corrected chi connectivity index (χ0v) is 14.5. The highest BCUT2D eigenvalue weighted by molar-refractivity contribution is 5.80. The average molecular weight is 315 g/mol. The van der Waals surface area contributed by atoms with E-state index < -0.39 is 0 Å². The predicted octanol–water partition coefficient (Wildman–Crippen LogP) is 3.17. The van der Waals surface area contributed by atoms with Crippen molar-refractivity contribution in [2.45, 2.75) is 45.8 Å². The summed E-state index contributed by atoms with van der Waals surface area (Å²) in [7, 11) is 1.89. The first kappa shape index (κ1) is 16.3. The lowest BCUT2D eigenvalue weighted by atomic mass is 9.68. The molecule has 2 fully saturated rings. The van der Waals surface area contributed by atoms with Crippen molar-refractivity contribution in [1.82, 2.24) is 10.2 Å². The summed E-state index contributed by atoms with van der Waals surface area (Å²) >= 11 is 0. The van der Waals surface area contributed by atoms with Gasteiger partial charge in [-0.1, -0.05) is 30.7 Å². The normalized spacial score (nSPS) is 19.9. The van der Waals surface area contributed by atoms with Crippen LogP contribution in [0.5, 0.6) is 0 Å². The fourth-order valence-electron chi connectivity index (χ4n) is 3.69. The van der Waals surface area contributed by atoms with Gasteiger partial charge < -0.3 is 15.0 Å². The second-order valence-corrected chi connectivity index (χ2v) is 6.88. The molecule has 1 N–H and O–H groups in total. The van der Waals surface area contributed by atoms with Crippen LogP contribution in [0.1, 0.15) is 43.7 Å². The maximum absolute atomic E-state index is 5.44. The van der Waals surface area contributed by atoms with Crippen molar-refractivity contribution in [2.75, 3.05) is 26.7 Å². The molecule has 4 nitrogen and oxygen atoms in total. The Morgan fingerprint density at radius 2 is 1.96 bits per heavy atom. The van der Waals surface area contributed by atoms with Crippen LogP contribution < -0.4 is 5.32 Å². The van der Waals surface area contributed by atoms with Crippen LogP contribution in [0, 0.1) is 5.41 Å². The average Bonchev–Trinajstić information content (AvgIpc) is 3.00. The van der Waals surface area contributed by atoms with Crippen molar-refractivity contribution in [1.29, 1.82) is 0 Å². The molecule has 4 heteroatoms. The Bertz CT molecular complexity index is 534. The summed E-state index contributed by atoms with van der Waals surface area (Å²) in [5.41, 5.74) is 3.12. The number of hydrogen-bond acceptors (Lipinski definition) is 2. The highest BCUT2D eigenvalue weighted by atomic mass is 16.5. The van der Waals surface area contributed by atoms with Gasteiger partial charge in [-0.3, -0.25) is 4.99 Å². The largest absolute Gasteiger partial charge is 0.377 e. The lowest BCUT2D eigenvalue weighted by Crippen LogP contribution is -2.42. The quantitative estimate of drug-likeness (QED) is 0.670. The smallest absolute Gasteiger partial charge is 0.193 e. The summed E-state index contributed by atoms with van der Waals surface area (Å²) in [6.45, 7) is 6.63. The van der Waals surface area contributed by atoms with E-state index in [1.54, 1.807) is 0 Å². The van der Waals surface area contributed by atoms with E-state index in [0.29, 0.717) is 12.0 Å². The second kappa shape index (κ2) is 7.35. The van der Waals surface area contributed by atoms with E-state index in [1.165, 1.54) is 43.4 Å². The third-order valence-electron chi connectivity index (χ3n) is 5.31. The van der Waals surface area contributed by atoms with Crippen LogP contribution in [-0.4, -0.2) is 37.6 Å². The molecule has 1 aliphatic carbocycles. The van der Waals surface area contributed by atoms with E-state index in [1.807, 2.05) is 14.0 Å². The Labute approximate surface area is 139 Å². The summed E-state index contributed by atoms with van der Waals surface area (Å²) in [6, 6.07) is 8.64. The monoisotopic (exact) mass is 315 g/mol. The number of rotatable bonds is 5. The molecule has 2 aliphatic rings. The number of aliphatic imine (C=N–C) groups is 1. The number of likely N-dealkylation sites (tertiary alicyclic amines) is 1. The molecule has 3 rings (SSSR count). The standard InChI is InChI=1S/C19H29N3O/c1-3-23-14-17-7-5-16(6-8-17)13-21-18(20-2)22-12-11-19(15-22)9-4-10-19/h5-8H,3-4,9-15H2,1-2H3,(H,20,21). The SMILES string of the molecule is CCOCc1ccc(CNC(=NC)N2CCC3(CCC3)C2)cc1. The molecule has 1 saturated heterocycles. The number of hydrogen-bond donors (Lipinski definition) is 1. The van der Waals surface area contributed by atoms with Gasteiger partial charge in [-0.25, -0.2) is 0 Å². The molecular formula is C19H29N3O. The van der Waals surface area contributed by atoms with Crippen molar-refractivity contribution in [3.8, 4) is 0 Å². The molecule has 0 unspecified atom stereocenters. The maximum atomic E-state index is 5.44. The number of benzene rings is 1. The van der Waals surface area contributed by atoms with Crippen molar-refractivity contribution in [3.05, 3.63) is 35.4 Å². The van der Waals surface area contributed by atoms with Crippen molar-refractivity contribution in [3.63, 3.8) is 0 Å².